The third-order valence-corrected chi connectivity index (χ3v) is 10.9. The number of amides is 2. The first-order chi connectivity index (χ1) is 23.9. The van der Waals surface area contributed by atoms with E-state index >= 15 is 0 Å². The molecule has 3 fully saturated rings. The fourth-order valence-electron chi connectivity index (χ4n) is 8.37. The van der Waals surface area contributed by atoms with Gasteiger partial charge >= 0.3 is 0 Å². The summed E-state index contributed by atoms with van der Waals surface area (Å²) in [6.07, 6.45) is 6.10. The van der Waals surface area contributed by atoms with Crippen molar-refractivity contribution in [2.24, 2.45) is 17.8 Å². The predicted molar refractivity (Wildman–Crippen MR) is 186 cm³/mol. The number of likely N-dealkylation sites (tertiary alicyclic amines) is 2. The van der Waals surface area contributed by atoms with Gasteiger partial charge in [0.05, 0.1) is 24.5 Å². The Bertz CT molecular complexity index is 1720. The second-order valence-corrected chi connectivity index (χ2v) is 13.9. The number of phenolic OH excluding ortho intramolecular Hbond substituents is 1. The van der Waals surface area contributed by atoms with Gasteiger partial charge in [0.15, 0.2) is 11.6 Å². The van der Waals surface area contributed by atoms with Crippen LogP contribution < -0.4 is 4.74 Å². The van der Waals surface area contributed by atoms with Gasteiger partial charge in [0.1, 0.15) is 12.4 Å². The predicted octanol–water partition coefficient (Wildman–Crippen LogP) is 7.17. The van der Waals surface area contributed by atoms with Crippen LogP contribution in [0.15, 0.2) is 95.6 Å². The Morgan fingerprint density at radius 1 is 0.980 bits per heavy atom. The largest absolute Gasteiger partial charge is 0.505 e. The molecule has 3 aromatic carbocycles. The zero-order valence-corrected chi connectivity index (χ0v) is 28.1. The third kappa shape index (κ3) is 7.08. The lowest BCUT2D eigenvalue weighted by molar-refractivity contribution is -0.144. The molecule has 0 radical (unpaired) electrons. The van der Waals surface area contributed by atoms with E-state index in [1.165, 1.54) is 17.7 Å². The number of ether oxygens (including phenoxy) is 2. The van der Waals surface area contributed by atoms with Crippen molar-refractivity contribution in [3.05, 3.63) is 113 Å². The average Bonchev–Trinajstić information content (AvgIpc) is 3.66. The summed E-state index contributed by atoms with van der Waals surface area (Å²) >= 11 is 0. The molecule has 0 bridgehead atoms. The summed E-state index contributed by atoms with van der Waals surface area (Å²) in [5, 5.41) is 9.61. The lowest BCUT2D eigenvalue weighted by Gasteiger charge is -2.36. The van der Waals surface area contributed by atoms with E-state index in [2.05, 4.69) is 36.1 Å². The van der Waals surface area contributed by atoms with Crippen LogP contribution in [0.2, 0.25) is 0 Å². The molecule has 256 valence electrons. The Morgan fingerprint density at radius 2 is 1.71 bits per heavy atom. The molecule has 0 aromatic heterocycles. The second-order valence-electron chi connectivity index (χ2n) is 13.9. The molecule has 7 nitrogen and oxygen atoms in total. The van der Waals surface area contributed by atoms with Crippen molar-refractivity contribution in [3.63, 3.8) is 0 Å². The molecular weight excluding hydrogens is 619 g/mol. The van der Waals surface area contributed by atoms with Gasteiger partial charge in [-0.1, -0.05) is 73.2 Å². The van der Waals surface area contributed by atoms with E-state index in [0.29, 0.717) is 31.6 Å². The van der Waals surface area contributed by atoms with Gasteiger partial charge < -0.3 is 14.6 Å². The summed E-state index contributed by atoms with van der Waals surface area (Å²) in [5.74, 6) is -1.26. The van der Waals surface area contributed by atoms with Crippen molar-refractivity contribution in [3.8, 4) is 11.5 Å². The number of hydrogen-bond acceptors (Lipinski definition) is 6. The first-order valence-electron chi connectivity index (χ1n) is 17.7. The molecule has 0 unspecified atom stereocenters. The highest BCUT2D eigenvalue weighted by molar-refractivity contribution is 6.06. The maximum absolute atomic E-state index is 14.2. The Labute approximate surface area is 288 Å². The number of imide groups is 1. The van der Waals surface area contributed by atoms with Crippen LogP contribution in [0.1, 0.15) is 56.6 Å². The Morgan fingerprint density at radius 3 is 2.43 bits per heavy atom. The van der Waals surface area contributed by atoms with Crippen molar-refractivity contribution >= 4 is 17.9 Å². The average molecular weight is 665 g/mol. The Hall–Kier alpha value is -4.27. The topological polar surface area (TPSA) is 79.3 Å². The van der Waals surface area contributed by atoms with E-state index in [0.717, 1.165) is 67.8 Å². The zero-order chi connectivity index (χ0) is 33.9. The summed E-state index contributed by atoms with van der Waals surface area (Å²) < 4.78 is 26.8. The number of nitrogens with zero attached hydrogens (tertiary/aromatic N) is 2. The number of aromatic hydroxyl groups is 1. The highest BCUT2D eigenvalue weighted by Gasteiger charge is 2.58. The molecule has 2 amide bonds. The van der Waals surface area contributed by atoms with E-state index in [1.807, 2.05) is 42.5 Å². The van der Waals surface area contributed by atoms with Crippen molar-refractivity contribution in [1.82, 2.24) is 9.80 Å². The quantitative estimate of drug-likeness (QED) is 0.173. The van der Waals surface area contributed by atoms with E-state index in [1.54, 1.807) is 11.0 Å². The summed E-state index contributed by atoms with van der Waals surface area (Å²) in [5.41, 5.74) is 5.32. The number of para-hydroxylation sites is 1. The zero-order valence-electron chi connectivity index (χ0n) is 28.1. The van der Waals surface area contributed by atoms with Gasteiger partial charge in [-0.15, -0.1) is 0 Å². The van der Waals surface area contributed by atoms with Crippen molar-refractivity contribution < 1.29 is 28.6 Å². The molecule has 1 N–H and O–H groups in total. The minimum absolute atomic E-state index is 0.0326. The van der Waals surface area contributed by atoms with Gasteiger partial charge in [-0.25, -0.2) is 4.39 Å². The van der Waals surface area contributed by atoms with Crippen LogP contribution in [0.25, 0.3) is 6.08 Å². The molecule has 8 heteroatoms. The molecule has 49 heavy (non-hydrogen) atoms. The van der Waals surface area contributed by atoms with Crippen LogP contribution >= 0.6 is 0 Å². The van der Waals surface area contributed by atoms with Gasteiger partial charge in [-0.2, -0.15) is 0 Å². The summed E-state index contributed by atoms with van der Waals surface area (Å²) in [4.78, 5) is 32.4. The second kappa shape index (κ2) is 14.7. The van der Waals surface area contributed by atoms with Crippen LogP contribution in [0.4, 0.5) is 4.39 Å². The Kier molecular flexibility index (Phi) is 9.96. The molecule has 0 spiro atoms. The molecular formula is C41H45FN2O5. The smallest absolute Gasteiger partial charge is 0.234 e. The van der Waals surface area contributed by atoms with Gasteiger partial charge in [-0.05, 0) is 85.1 Å². The summed E-state index contributed by atoms with van der Waals surface area (Å²) in [6.45, 7) is 5.41. The van der Waals surface area contributed by atoms with E-state index < -0.39 is 17.7 Å². The van der Waals surface area contributed by atoms with Gasteiger partial charge in [0.25, 0.3) is 0 Å². The summed E-state index contributed by atoms with van der Waals surface area (Å²) in [7, 11) is 0. The van der Waals surface area contributed by atoms with E-state index in [9.17, 15) is 19.1 Å². The lowest BCUT2D eigenvalue weighted by atomic mass is 9.69. The fourth-order valence-corrected chi connectivity index (χ4v) is 8.37. The number of benzene rings is 3. The SMILES string of the molecule is CC/C(=C\c1ccc(O)c(F)c1)CC[C@H]1OC[C@H]2C1=C(COc1ccccc1)C[C@H]1C(=O)N(C3CCN(Cc4ccccc4)CC3)C(=O)[C@H]12. The molecule has 4 aliphatic rings. The van der Waals surface area contributed by atoms with E-state index in [4.69, 9.17) is 9.47 Å². The van der Waals surface area contributed by atoms with Gasteiger partial charge in [-0.3, -0.25) is 19.4 Å². The Balaban J connectivity index is 1.08. The normalized spacial score (nSPS) is 24.8. The number of carbonyl (C=O) groups excluding carboxylic acids is 2. The van der Waals surface area contributed by atoms with Crippen molar-refractivity contribution in [1.29, 1.82) is 0 Å². The third-order valence-electron chi connectivity index (χ3n) is 10.9. The standard InChI is InChI=1S/C41H45FN2O5/c1-2-27(21-29-13-15-36(45)35(42)22-29)14-16-37-38-30(25-48-32-11-7-4-8-12-32)23-33-39(34(38)26-49-37)41(47)44(40(33)46)31-17-19-43(20-18-31)24-28-9-5-3-6-10-28/h3-13,15,21-22,31,33-34,37,39,45H,2,14,16-20,23-26H2,1H3/b27-21+/t33-,34+,37-,39-/m1/s1. The molecule has 4 atom stereocenters. The highest BCUT2D eigenvalue weighted by Crippen LogP contribution is 2.50. The van der Waals surface area contributed by atoms with E-state index in [-0.39, 0.29) is 35.6 Å². The van der Waals surface area contributed by atoms with Crippen LogP contribution in [-0.2, 0) is 20.9 Å². The van der Waals surface area contributed by atoms with Crippen molar-refractivity contribution in [2.45, 2.75) is 64.1 Å². The number of halogens is 1. The molecule has 1 aliphatic carbocycles. The number of piperidine rings is 1. The minimum atomic E-state index is -0.640. The highest BCUT2D eigenvalue weighted by atomic mass is 19.1. The maximum Gasteiger partial charge on any atom is 0.234 e. The first-order valence-corrected chi connectivity index (χ1v) is 17.7. The maximum atomic E-state index is 14.2. The van der Waals surface area contributed by atoms with Crippen molar-refractivity contribution in [2.75, 3.05) is 26.3 Å². The van der Waals surface area contributed by atoms with Crippen LogP contribution in [0, 0.1) is 23.6 Å². The first kappa shape index (κ1) is 33.2. The molecule has 0 saturated carbocycles. The molecule has 3 heterocycles. The van der Waals surface area contributed by atoms with Crippen LogP contribution in [0.5, 0.6) is 11.5 Å². The number of allylic oxidation sites excluding steroid dienone is 1. The van der Waals surface area contributed by atoms with Gasteiger partial charge in [0, 0.05) is 31.6 Å². The van der Waals surface area contributed by atoms with Gasteiger partial charge in [0.2, 0.25) is 11.8 Å². The molecule has 7 rings (SSSR count). The molecule has 3 saturated heterocycles. The number of phenols is 1. The number of fused-ring (bicyclic) bond motifs is 3. The fraction of sp³-hybridized carbons (Fsp3) is 0.415. The molecule has 3 aromatic rings. The van der Waals surface area contributed by atoms with Crippen LogP contribution in [-0.4, -0.2) is 65.2 Å². The lowest BCUT2D eigenvalue weighted by Crippen LogP contribution is -2.47. The number of carbonyl (C=O) groups is 2. The van der Waals surface area contributed by atoms with Crippen LogP contribution in [0.3, 0.4) is 0 Å². The number of hydrogen-bond donors (Lipinski definition) is 1. The minimum Gasteiger partial charge on any atom is -0.505 e. The monoisotopic (exact) mass is 664 g/mol. The molecule has 3 aliphatic heterocycles. The number of rotatable bonds is 11. The summed E-state index contributed by atoms with van der Waals surface area (Å²) in [6, 6.07) is 24.5.